The molecule has 2 unspecified atom stereocenters. The zero-order valence-corrected chi connectivity index (χ0v) is 30.0. The van der Waals surface area contributed by atoms with Gasteiger partial charge >= 0.3 is 5.97 Å². The van der Waals surface area contributed by atoms with Gasteiger partial charge in [-0.1, -0.05) is 72.7 Å². The highest BCUT2D eigenvalue weighted by Gasteiger charge is 2.35. The second kappa shape index (κ2) is 15.1. The lowest BCUT2D eigenvalue weighted by molar-refractivity contribution is -0.136. The van der Waals surface area contributed by atoms with Crippen molar-refractivity contribution in [2.45, 2.75) is 119 Å². The van der Waals surface area contributed by atoms with E-state index < -0.39 is 24.0 Å². The zero-order chi connectivity index (χ0) is 30.3. The number of carboxylic acid groups (broad SMARTS) is 1. The number of hydrogen-bond donors (Lipinski definition) is 1. The molecule has 40 heavy (non-hydrogen) atoms. The molecular weight excluding hydrogens is 549 g/mol. The summed E-state index contributed by atoms with van der Waals surface area (Å²) in [6, 6.07) is 9.31. The van der Waals surface area contributed by atoms with Crippen molar-refractivity contribution in [3.05, 3.63) is 62.9 Å². The molecule has 1 N–H and O–H groups in total. The van der Waals surface area contributed by atoms with Crippen LogP contribution in [0.5, 0.6) is 0 Å². The molecule has 1 heterocycles. The molecule has 0 saturated carbocycles. The molecule has 0 aliphatic heterocycles. The molecule has 0 radical (unpaired) electrons. The van der Waals surface area contributed by atoms with Crippen molar-refractivity contribution < 1.29 is 18.8 Å². The van der Waals surface area contributed by atoms with E-state index >= 15 is 0 Å². The maximum Gasteiger partial charge on any atom is 0.303 e. The molecule has 0 amide bonds. The first kappa shape index (κ1) is 34.7. The number of benzene rings is 1. The van der Waals surface area contributed by atoms with Crippen molar-refractivity contribution >= 4 is 41.0 Å². The molecule has 1 aromatic carbocycles. The predicted molar refractivity (Wildman–Crippen MR) is 178 cm³/mol. The van der Waals surface area contributed by atoms with Crippen LogP contribution in [-0.2, 0) is 26.5 Å². The van der Waals surface area contributed by atoms with Crippen LogP contribution >= 0.6 is 11.3 Å². The number of carbonyl (C=O) groups is 1. The summed E-state index contributed by atoms with van der Waals surface area (Å²) >= 11 is 1.77. The van der Waals surface area contributed by atoms with Crippen molar-refractivity contribution in [2.75, 3.05) is 0 Å². The Hall–Kier alpha value is -1.52. The summed E-state index contributed by atoms with van der Waals surface area (Å²) in [5.41, 5.74) is 6.43. The fourth-order valence-corrected chi connectivity index (χ4v) is 8.29. The summed E-state index contributed by atoms with van der Waals surface area (Å²) in [5, 5.41) is 11.2. The SMILES string of the molecule is CCC(=CCCC(=O)O)c1cc(CCc2ccc(C(O[SiH](C)C)C(C)(C)C)c(C(O[SiH](C)C)C(C)(C)C)c2)cs1. The van der Waals surface area contributed by atoms with Crippen molar-refractivity contribution in [1.29, 1.82) is 0 Å². The second-order valence-corrected chi connectivity index (χ2v) is 19.3. The van der Waals surface area contributed by atoms with E-state index in [1.54, 1.807) is 11.3 Å². The van der Waals surface area contributed by atoms with E-state index in [2.05, 4.69) is 110 Å². The number of carboxylic acids is 1. The van der Waals surface area contributed by atoms with Crippen LogP contribution in [0.4, 0.5) is 0 Å². The molecule has 0 saturated heterocycles. The minimum Gasteiger partial charge on any atom is -0.481 e. The van der Waals surface area contributed by atoms with E-state index in [0.717, 1.165) is 19.3 Å². The van der Waals surface area contributed by atoms with Crippen LogP contribution in [-0.4, -0.2) is 29.2 Å². The highest BCUT2D eigenvalue weighted by molar-refractivity contribution is 7.11. The number of aliphatic carboxylic acids is 1. The molecule has 2 atom stereocenters. The second-order valence-electron chi connectivity index (χ2n) is 13.7. The van der Waals surface area contributed by atoms with Gasteiger partial charge in [-0.25, -0.2) is 0 Å². The van der Waals surface area contributed by atoms with Gasteiger partial charge in [-0.05, 0) is 102 Å². The molecule has 4 nitrogen and oxygen atoms in total. The largest absolute Gasteiger partial charge is 0.481 e. The topological polar surface area (TPSA) is 55.8 Å². The van der Waals surface area contributed by atoms with Crippen molar-refractivity contribution in [3.63, 3.8) is 0 Å². The van der Waals surface area contributed by atoms with Crippen LogP contribution in [0.25, 0.3) is 5.57 Å². The normalized spacial score (nSPS) is 14.7. The number of aryl methyl sites for hydroxylation is 2. The molecule has 0 fully saturated rings. The fourth-order valence-electron chi connectivity index (χ4n) is 5.03. The molecule has 2 aromatic rings. The number of rotatable bonds is 14. The van der Waals surface area contributed by atoms with Gasteiger partial charge in [0, 0.05) is 11.3 Å². The van der Waals surface area contributed by atoms with Gasteiger partial charge in [0.15, 0.2) is 18.1 Å². The van der Waals surface area contributed by atoms with Crippen LogP contribution in [0.1, 0.15) is 107 Å². The average molecular weight is 603 g/mol. The lowest BCUT2D eigenvalue weighted by Crippen LogP contribution is -2.31. The van der Waals surface area contributed by atoms with Gasteiger partial charge in [0.1, 0.15) is 0 Å². The van der Waals surface area contributed by atoms with Crippen LogP contribution in [0.3, 0.4) is 0 Å². The molecule has 1 aromatic heterocycles. The minimum absolute atomic E-state index is 0.0206. The summed E-state index contributed by atoms with van der Waals surface area (Å²) in [7, 11) is -2.57. The van der Waals surface area contributed by atoms with E-state index in [4.69, 9.17) is 14.0 Å². The lowest BCUT2D eigenvalue weighted by atomic mass is 9.77. The minimum atomic E-state index is -1.29. The molecule has 0 aliphatic carbocycles. The Morgan fingerprint density at radius 2 is 1.45 bits per heavy atom. The van der Waals surface area contributed by atoms with Crippen LogP contribution in [0, 0.1) is 10.8 Å². The molecule has 0 bridgehead atoms. The Morgan fingerprint density at radius 3 is 1.95 bits per heavy atom. The van der Waals surface area contributed by atoms with E-state index in [1.807, 2.05) is 0 Å². The molecular formula is C33H54O4SSi2. The van der Waals surface area contributed by atoms with Crippen molar-refractivity contribution in [2.24, 2.45) is 10.8 Å². The van der Waals surface area contributed by atoms with Crippen LogP contribution in [0.15, 0.2) is 35.7 Å². The van der Waals surface area contributed by atoms with E-state index in [-0.39, 0.29) is 29.5 Å². The van der Waals surface area contributed by atoms with Gasteiger partial charge in [0.05, 0.1) is 12.2 Å². The summed E-state index contributed by atoms with van der Waals surface area (Å²) < 4.78 is 13.5. The predicted octanol–water partition coefficient (Wildman–Crippen LogP) is 9.37. The third kappa shape index (κ3) is 10.7. The third-order valence-corrected chi connectivity index (χ3v) is 9.60. The van der Waals surface area contributed by atoms with Gasteiger partial charge in [-0.2, -0.15) is 0 Å². The van der Waals surface area contributed by atoms with Gasteiger partial charge in [0.25, 0.3) is 0 Å². The van der Waals surface area contributed by atoms with E-state index in [9.17, 15) is 4.79 Å². The van der Waals surface area contributed by atoms with Crippen molar-refractivity contribution in [3.8, 4) is 0 Å². The smallest absolute Gasteiger partial charge is 0.303 e. The molecule has 2 rings (SSSR count). The highest BCUT2D eigenvalue weighted by atomic mass is 32.1. The Balaban J connectivity index is 2.42. The Morgan fingerprint density at radius 1 is 0.900 bits per heavy atom. The van der Waals surface area contributed by atoms with Gasteiger partial charge in [-0.3, -0.25) is 4.79 Å². The quantitative estimate of drug-likeness (QED) is 0.219. The van der Waals surface area contributed by atoms with Gasteiger partial charge in [-0.15, -0.1) is 11.3 Å². The number of allylic oxidation sites excluding steroid dienone is 2. The average Bonchev–Trinajstić information content (AvgIpc) is 3.29. The highest BCUT2D eigenvalue weighted by Crippen LogP contribution is 2.45. The van der Waals surface area contributed by atoms with Gasteiger partial charge in [0.2, 0.25) is 0 Å². The molecule has 0 spiro atoms. The summed E-state index contributed by atoms with van der Waals surface area (Å²) in [4.78, 5) is 12.2. The summed E-state index contributed by atoms with van der Waals surface area (Å²) in [6.45, 7) is 24.9. The Kier molecular flexibility index (Phi) is 13.1. The Bertz CT molecular complexity index is 1120. The lowest BCUT2D eigenvalue weighted by Gasteiger charge is -2.39. The monoisotopic (exact) mass is 602 g/mol. The molecule has 224 valence electrons. The van der Waals surface area contributed by atoms with Crippen molar-refractivity contribution in [1.82, 2.24) is 0 Å². The zero-order valence-electron chi connectivity index (χ0n) is 26.9. The first-order valence-corrected chi connectivity index (χ1v) is 21.4. The molecule has 0 aliphatic rings. The molecule has 7 heteroatoms. The van der Waals surface area contributed by atoms with Crippen LogP contribution < -0.4 is 0 Å². The standard InChI is InChI=1S/C33H54O4SSi2/c1-12-25(14-13-15-29(34)35)28-21-24(22-38-28)17-16-23-18-19-26(30(32(2,3)4)36-39(8)9)27(20-23)31(33(5,6)7)37-40(10)11/h14,18-22,30-31,39-40H,12-13,15-17H2,1-11H3,(H,34,35). The van der Waals surface area contributed by atoms with E-state index in [0.29, 0.717) is 6.42 Å². The third-order valence-electron chi connectivity index (χ3n) is 6.91. The van der Waals surface area contributed by atoms with Crippen LogP contribution in [0.2, 0.25) is 26.2 Å². The maximum absolute atomic E-state index is 10.9. The summed E-state index contributed by atoms with van der Waals surface area (Å²) in [6.07, 6.45) is 5.75. The number of hydrogen-bond acceptors (Lipinski definition) is 4. The van der Waals surface area contributed by atoms with Gasteiger partial charge < -0.3 is 14.0 Å². The van der Waals surface area contributed by atoms with E-state index in [1.165, 1.54) is 32.7 Å². The first-order chi connectivity index (χ1) is 18.5. The summed E-state index contributed by atoms with van der Waals surface area (Å²) in [5.74, 6) is -0.745. The number of thiophene rings is 1. The Labute approximate surface area is 251 Å². The first-order valence-electron chi connectivity index (χ1n) is 14.9. The fraction of sp³-hybridized carbons (Fsp3) is 0.606. The maximum atomic E-state index is 10.9.